The molecule has 0 aromatic heterocycles. The maximum Gasteiger partial charge on any atom is 0.191 e. The Morgan fingerprint density at radius 3 is 2.27 bits per heavy atom. The van der Waals surface area contributed by atoms with Gasteiger partial charge in [0.1, 0.15) is 0 Å². The fraction of sp³-hybridized carbons (Fsp3) is 0.941. The molecule has 22 heavy (non-hydrogen) atoms. The van der Waals surface area contributed by atoms with Gasteiger partial charge in [0, 0.05) is 19.6 Å². The number of guanidine groups is 1. The Morgan fingerprint density at radius 2 is 1.68 bits per heavy atom. The summed E-state index contributed by atoms with van der Waals surface area (Å²) in [4.78, 5) is 7.24. The fourth-order valence-electron chi connectivity index (χ4n) is 2.37. The van der Waals surface area contributed by atoms with Crippen molar-refractivity contribution < 1.29 is 0 Å². The molecule has 0 aromatic rings. The second kappa shape index (κ2) is 16.9. The number of nitrogens with one attached hydrogen (secondary N) is 2. The van der Waals surface area contributed by atoms with Crippen molar-refractivity contribution in [3.8, 4) is 0 Å². The number of nitrogens with zero attached hydrogens (tertiary/aromatic N) is 2. The van der Waals surface area contributed by atoms with E-state index < -0.39 is 0 Å². The number of aliphatic imine (C=N–C) groups is 1. The maximum absolute atomic E-state index is 4.69. The monoisotopic (exact) mass is 330 g/mol. The number of unbranched alkanes of at least 4 members (excludes halogenated alkanes) is 1. The Labute approximate surface area is 142 Å². The van der Waals surface area contributed by atoms with E-state index in [4.69, 9.17) is 0 Å². The summed E-state index contributed by atoms with van der Waals surface area (Å²) in [5.41, 5.74) is 0. The average Bonchev–Trinajstić information content (AvgIpc) is 2.51. The van der Waals surface area contributed by atoms with Gasteiger partial charge >= 0.3 is 0 Å². The van der Waals surface area contributed by atoms with Crippen LogP contribution in [0.5, 0.6) is 0 Å². The number of hydrogen-bond acceptors (Lipinski definition) is 3. The summed E-state index contributed by atoms with van der Waals surface area (Å²) in [7, 11) is 0. The molecule has 0 heterocycles. The third kappa shape index (κ3) is 13.3. The van der Waals surface area contributed by atoms with Crippen LogP contribution in [0.2, 0.25) is 0 Å². The van der Waals surface area contributed by atoms with Crippen LogP contribution in [0.3, 0.4) is 0 Å². The molecule has 4 nitrogen and oxygen atoms in total. The van der Waals surface area contributed by atoms with Crippen LogP contribution >= 0.6 is 11.8 Å². The molecule has 0 aliphatic rings. The second-order valence-electron chi connectivity index (χ2n) is 5.58. The zero-order valence-electron chi connectivity index (χ0n) is 15.3. The van der Waals surface area contributed by atoms with E-state index in [1.807, 2.05) is 11.8 Å². The highest BCUT2D eigenvalue weighted by atomic mass is 32.2. The Morgan fingerprint density at radius 1 is 0.955 bits per heavy atom. The van der Waals surface area contributed by atoms with Gasteiger partial charge in [-0.05, 0) is 70.7 Å². The highest BCUT2D eigenvalue weighted by Gasteiger charge is 2.02. The van der Waals surface area contributed by atoms with Crippen molar-refractivity contribution in [1.29, 1.82) is 0 Å². The van der Waals surface area contributed by atoms with Crippen molar-refractivity contribution in [3.63, 3.8) is 0 Å². The van der Waals surface area contributed by atoms with E-state index in [9.17, 15) is 0 Å². The molecule has 0 bridgehead atoms. The molecule has 0 unspecified atom stereocenters. The first-order valence-electron chi connectivity index (χ1n) is 9.01. The normalized spacial score (nSPS) is 12.0. The molecule has 2 N–H and O–H groups in total. The molecule has 132 valence electrons. The van der Waals surface area contributed by atoms with Crippen LogP contribution < -0.4 is 10.6 Å². The zero-order chi connectivity index (χ0) is 16.5. The van der Waals surface area contributed by atoms with Gasteiger partial charge < -0.3 is 15.5 Å². The zero-order valence-corrected chi connectivity index (χ0v) is 16.1. The third-order valence-electron chi connectivity index (χ3n) is 3.39. The molecular weight excluding hydrogens is 292 g/mol. The molecular formula is C17H38N4S. The van der Waals surface area contributed by atoms with E-state index in [1.165, 1.54) is 44.5 Å². The van der Waals surface area contributed by atoms with Crippen LogP contribution in [-0.2, 0) is 0 Å². The molecule has 0 spiro atoms. The molecule has 0 aliphatic heterocycles. The standard InChI is InChI=1S/C17H38N4S/c1-5-13-21(14-6-2)15-10-12-20-17(18-7-3)19-11-8-9-16-22-4/h5-16H2,1-4H3,(H2,18,19,20). The highest BCUT2D eigenvalue weighted by molar-refractivity contribution is 7.98. The van der Waals surface area contributed by atoms with Crippen LogP contribution in [0.15, 0.2) is 4.99 Å². The lowest BCUT2D eigenvalue weighted by atomic mass is 10.3. The first-order chi connectivity index (χ1) is 10.8. The molecule has 0 rings (SSSR count). The molecule has 0 amide bonds. The lowest BCUT2D eigenvalue weighted by Crippen LogP contribution is -2.38. The minimum Gasteiger partial charge on any atom is -0.357 e. The van der Waals surface area contributed by atoms with Gasteiger partial charge in [0.05, 0.1) is 0 Å². The van der Waals surface area contributed by atoms with Crippen molar-refractivity contribution in [3.05, 3.63) is 0 Å². The van der Waals surface area contributed by atoms with Gasteiger partial charge in [-0.15, -0.1) is 0 Å². The van der Waals surface area contributed by atoms with E-state index in [1.54, 1.807) is 0 Å². The van der Waals surface area contributed by atoms with Crippen LogP contribution in [0.25, 0.3) is 0 Å². The van der Waals surface area contributed by atoms with Gasteiger partial charge in [0.15, 0.2) is 5.96 Å². The van der Waals surface area contributed by atoms with E-state index in [0.717, 1.165) is 38.6 Å². The van der Waals surface area contributed by atoms with Crippen molar-refractivity contribution in [2.75, 3.05) is 51.3 Å². The molecule has 0 atom stereocenters. The smallest absolute Gasteiger partial charge is 0.191 e. The summed E-state index contributed by atoms with van der Waals surface area (Å²) in [5, 5.41) is 6.77. The van der Waals surface area contributed by atoms with E-state index in [0.29, 0.717) is 0 Å². The van der Waals surface area contributed by atoms with Gasteiger partial charge in [-0.3, -0.25) is 4.99 Å². The van der Waals surface area contributed by atoms with Crippen LogP contribution in [0.4, 0.5) is 0 Å². The Bertz CT molecular complexity index is 253. The van der Waals surface area contributed by atoms with Crippen LogP contribution in [0, 0.1) is 0 Å². The van der Waals surface area contributed by atoms with Gasteiger partial charge in [-0.25, -0.2) is 0 Å². The average molecular weight is 331 g/mol. The molecule has 5 heteroatoms. The Hall–Kier alpha value is -0.420. The van der Waals surface area contributed by atoms with Crippen molar-refractivity contribution >= 4 is 17.7 Å². The first kappa shape index (κ1) is 21.6. The summed E-state index contributed by atoms with van der Waals surface area (Å²) in [6.45, 7) is 13.1. The molecule has 0 saturated carbocycles. The predicted molar refractivity (Wildman–Crippen MR) is 103 cm³/mol. The van der Waals surface area contributed by atoms with E-state index in [2.05, 4.69) is 47.6 Å². The number of thioether (sulfide) groups is 1. The van der Waals surface area contributed by atoms with Crippen molar-refractivity contribution in [2.24, 2.45) is 4.99 Å². The van der Waals surface area contributed by atoms with E-state index in [-0.39, 0.29) is 0 Å². The predicted octanol–water partition coefficient (Wildman–Crippen LogP) is 3.20. The van der Waals surface area contributed by atoms with E-state index >= 15 is 0 Å². The number of rotatable bonds is 14. The molecule has 0 aromatic carbocycles. The van der Waals surface area contributed by atoms with Gasteiger partial charge in [-0.1, -0.05) is 13.8 Å². The second-order valence-corrected chi connectivity index (χ2v) is 6.57. The lowest BCUT2D eigenvalue weighted by molar-refractivity contribution is 0.273. The van der Waals surface area contributed by atoms with Crippen molar-refractivity contribution in [2.45, 2.75) is 52.9 Å². The summed E-state index contributed by atoms with van der Waals surface area (Å²) in [5.74, 6) is 2.23. The summed E-state index contributed by atoms with van der Waals surface area (Å²) in [6.07, 6.45) is 8.28. The first-order valence-corrected chi connectivity index (χ1v) is 10.4. The maximum atomic E-state index is 4.69. The fourth-order valence-corrected chi connectivity index (χ4v) is 2.87. The minimum absolute atomic E-state index is 0.907. The van der Waals surface area contributed by atoms with Crippen LogP contribution in [-0.4, -0.2) is 62.1 Å². The highest BCUT2D eigenvalue weighted by Crippen LogP contribution is 1.98. The van der Waals surface area contributed by atoms with Crippen LogP contribution in [0.1, 0.15) is 52.9 Å². The molecule has 0 radical (unpaired) electrons. The third-order valence-corrected chi connectivity index (χ3v) is 4.09. The lowest BCUT2D eigenvalue weighted by Gasteiger charge is -2.20. The summed E-state index contributed by atoms with van der Waals surface area (Å²) in [6, 6.07) is 0. The Kier molecular flexibility index (Phi) is 16.6. The topological polar surface area (TPSA) is 39.7 Å². The van der Waals surface area contributed by atoms with Gasteiger partial charge in [0.25, 0.3) is 0 Å². The van der Waals surface area contributed by atoms with Gasteiger partial charge in [-0.2, -0.15) is 11.8 Å². The molecule has 0 aliphatic carbocycles. The molecule has 0 fully saturated rings. The summed E-state index contributed by atoms with van der Waals surface area (Å²) < 4.78 is 0. The van der Waals surface area contributed by atoms with Gasteiger partial charge in [0.2, 0.25) is 0 Å². The minimum atomic E-state index is 0.907. The Balaban J connectivity index is 3.93. The molecule has 0 saturated heterocycles. The largest absolute Gasteiger partial charge is 0.357 e. The number of hydrogen-bond donors (Lipinski definition) is 2. The SMILES string of the molecule is CCCN(CCC)CCCN=C(NCC)NCCCCSC. The van der Waals surface area contributed by atoms with Crippen molar-refractivity contribution in [1.82, 2.24) is 15.5 Å². The summed E-state index contributed by atoms with van der Waals surface area (Å²) >= 11 is 1.92. The quantitative estimate of drug-likeness (QED) is 0.291.